The number of carbonyl (C=O) groups excluding carboxylic acids is 3. The van der Waals surface area contributed by atoms with Gasteiger partial charge in [-0.2, -0.15) is 0 Å². The Morgan fingerprint density at radius 1 is 0.324 bits per heavy atom. The normalized spacial score (nSPS) is 13.0. The van der Waals surface area contributed by atoms with Crippen LogP contribution in [0, 0.1) is 0 Å². The second-order valence-electron chi connectivity index (χ2n) is 17.9. The van der Waals surface area contributed by atoms with Crippen LogP contribution in [-0.4, -0.2) is 37.2 Å². The zero-order valence-corrected chi connectivity index (χ0v) is 43.8. The van der Waals surface area contributed by atoms with Gasteiger partial charge in [0.1, 0.15) is 13.2 Å². The van der Waals surface area contributed by atoms with Crippen LogP contribution in [0.3, 0.4) is 0 Å². The molecule has 384 valence electrons. The molecule has 0 aromatic carbocycles. The fraction of sp³-hybridized carbons (Fsp3) is 0.629. The molecule has 0 fully saturated rings. The summed E-state index contributed by atoms with van der Waals surface area (Å²) in [4.78, 5) is 38.1. The largest absolute Gasteiger partial charge is 0.462 e. The molecule has 0 aliphatic carbocycles. The molecule has 0 saturated carbocycles. The molecule has 0 aliphatic heterocycles. The molecule has 0 rings (SSSR count). The predicted molar refractivity (Wildman–Crippen MR) is 293 cm³/mol. The summed E-state index contributed by atoms with van der Waals surface area (Å²) in [5.41, 5.74) is 0. The number of esters is 3. The maximum atomic E-state index is 12.8. The summed E-state index contributed by atoms with van der Waals surface area (Å²) >= 11 is 0. The number of unbranched alkanes of at least 4 members (excludes halogenated alkanes) is 21. The van der Waals surface area contributed by atoms with Crippen molar-refractivity contribution in [2.45, 2.75) is 239 Å². The minimum Gasteiger partial charge on any atom is -0.462 e. The van der Waals surface area contributed by atoms with E-state index in [1.807, 2.05) is 48.6 Å². The highest BCUT2D eigenvalue weighted by molar-refractivity contribution is 5.71. The molecule has 0 radical (unpaired) electrons. The third-order valence-electron chi connectivity index (χ3n) is 11.3. The molecule has 0 N–H and O–H groups in total. The van der Waals surface area contributed by atoms with E-state index in [4.69, 9.17) is 14.2 Å². The number of rotatable bonds is 48. The van der Waals surface area contributed by atoms with Crippen LogP contribution in [0.1, 0.15) is 233 Å². The van der Waals surface area contributed by atoms with Gasteiger partial charge in [0.25, 0.3) is 0 Å². The van der Waals surface area contributed by atoms with Gasteiger partial charge in [-0.05, 0) is 70.6 Å². The SMILES string of the molecule is CC/C=C\C/C=C\C/C=C\C/C=C\C/C=C\CCC(=O)OC(COC(=O)CCCCCCC\C=C/C=C\C=C/C=C\C=C/CCC)COC(=O)CCCCCCCCCCCCCCCCCC. The molecule has 0 aromatic heterocycles. The van der Waals surface area contributed by atoms with E-state index in [2.05, 4.69) is 93.7 Å². The zero-order valence-electron chi connectivity index (χ0n) is 43.8. The molecule has 0 heterocycles. The van der Waals surface area contributed by atoms with Gasteiger partial charge >= 0.3 is 17.9 Å². The molecule has 0 aliphatic rings. The van der Waals surface area contributed by atoms with Crippen molar-refractivity contribution in [2.24, 2.45) is 0 Å². The molecule has 1 atom stereocenters. The number of hydrogen-bond acceptors (Lipinski definition) is 6. The Morgan fingerprint density at radius 2 is 0.691 bits per heavy atom. The number of hydrogen-bond donors (Lipinski definition) is 0. The Kier molecular flexibility index (Phi) is 52.0. The van der Waals surface area contributed by atoms with E-state index in [1.54, 1.807) is 0 Å². The minimum atomic E-state index is -0.831. The average Bonchev–Trinajstić information content (AvgIpc) is 3.34. The van der Waals surface area contributed by atoms with Crippen LogP contribution in [-0.2, 0) is 28.6 Å². The lowest BCUT2D eigenvalue weighted by molar-refractivity contribution is -0.166. The highest BCUT2D eigenvalue weighted by Crippen LogP contribution is 2.15. The van der Waals surface area contributed by atoms with Gasteiger partial charge in [-0.1, -0.05) is 264 Å². The topological polar surface area (TPSA) is 78.9 Å². The van der Waals surface area contributed by atoms with E-state index in [1.165, 1.54) is 89.9 Å². The maximum Gasteiger partial charge on any atom is 0.306 e. The van der Waals surface area contributed by atoms with Crippen molar-refractivity contribution < 1.29 is 28.6 Å². The van der Waals surface area contributed by atoms with Gasteiger partial charge in [-0.25, -0.2) is 0 Å². The summed E-state index contributed by atoms with van der Waals surface area (Å²) in [5.74, 6) is -1.03. The lowest BCUT2D eigenvalue weighted by Gasteiger charge is -2.18. The van der Waals surface area contributed by atoms with Crippen molar-refractivity contribution in [2.75, 3.05) is 13.2 Å². The van der Waals surface area contributed by atoms with Gasteiger partial charge in [-0.15, -0.1) is 0 Å². The first-order chi connectivity index (χ1) is 33.5. The van der Waals surface area contributed by atoms with Crippen LogP contribution in [0.5, 0.6) is 0 Å². The highest BCUT2D eigenvalue weighted by Gasteiger charge is 2.19. The summed E-state index contributed by atoms with van der Waals surface area (Å²) < 4.78 is 16.8. The van der Waals surface area contributed by atoms with E-state index in [0.29, 0.717) is 19.3 Å². The zero-order chi connectivity index (χ0) is 49.3. The molecule has 0 amide bonds. The van der Waals surface area contributed by atoms with Crippen molar-refractivity contribution >= 4 is 17.9 Å². The van der Waals surface area contributed by atoms with E-state index in [9.17, 15) is 14.4 Å². The number of ether oxygens (including phenoxy) is 3. The standard InChI is InChI=1S/C62H100O6/c1-4-7-10-13-16-19-22-25-28-31-32-35-37-40-43-46-49-52-55-61(64)67-58-59(68-62(65)56-53-50-47-44-41-38-34-30-27-24-21-18-15-12-9-6-3)57-66-60(63)54-51-48-45-42-39-36-33-29-26-23-20-17-14-11-8-5-2/h9-10,12-13,16,18-19,21-22,25,27-28,30-32,35,38,41,47,50,59H,4-8,11,14-15,17,20,23-24,26,29,33-34,36-37,39-40,42-46,48-49,51-58H2,1-3H3/b12-9-,13-10-,19-16-,21-18-,25-22-,30-27-,31-28-,35-32-,41-38-,50-47-. The second kappa shape index (κ2) is 55.4. The lowest BCUT2D eigenvalue weighted by Crippen LogP contribution is -2.30. The summed E-state index contributed by atoms with van der Waals surface area (Å²) in [7, 11) is 0. The van der Waals surface area contributed by atoms with Crippen LogP contribution in [0.2, 0.25) is 0 Å². The van der Waals surface area contributed by atoms with Crippen molar-refractivity contribution in [1.82, 2.24) is 0 Å². The van der Waals surface area contributed by atoms with E-state index in [-0.39, 0.29) is 31.6 Å². The summed E-state index contributed by atoms with van der Waals surface area (Å²) in [6.07, 6.45) is 76.2. The Bertz CT molecular complexity index is 1450. The van der Waals surface area contributed by atoms with Crippen LogP contribution in [0.4, 0.5) is 0 Å². The van der Waals surface area contributed by atoms with Crippen LogP contribution in [0.25, 0.3) is 0 Å². The quantitative estimate of drug-likeness (QED) is 0.0199. The van der Waals surface area contributed by atoms with Gasteiger partial charge < -0.3 is 14.2 Å². The van der Waals surface area contributed by atoms with Crippen LogP contribution < -0.4 is 0 Å². The van der Waals surface area contributed by atoms with Crippen molar-refractivity contribution in [3.05, 3.63) is 122 Å². The first kappa shape index (κ1) is 63.8. The van der Waals surface area contributed by atoms with Gasteiger partial charge in [0.2, 0.25) is 0 Å². The van der Waals surface area contributed by atoms with Crippen molar-refractivity contribution in [3.8, 4) is 0 Å². The summed E-state index contributed by atoms with van der Waals surface area (Å²) in [6.45, 7) is 6.35. The number of carbonyl (C=O) groups is 3. The molecule has 68 heavy (non-hydrogen) atoms. The average molecular weight is 941 g/mol. The molecule has 0 spiro atoms. The fourth-order valence-corrected chi connectivity index (χ4v) is 7.23. The third-order valence-corrected chi connectivity index (χ3v) is 11.3. The second-order valence-corrected chi connectivity index (χ2v) is 17.9. The predicted octanol–water partition coefficient (Wildman–Crippen LogP) is 18.5. The Morgan fingerprint density at radius 3 is 1.12 bits per heavy atom. The van der Waals surface area contributed by atoms with Crippen LogP contribution >= 0.6 is 0 Å². The molecule has 0 aromatic rings. The van der Waals surface area contributed by atoms with Gasteiger partial charge in [0.05, 0.1) is 0 Å². The monoisotopic (exact) mass is 941 g/mol. The minimum absolute atomic E-state index is 0.117. The molecule has 6 heteroatoms. The first-order valence-corrected chi connectivity index (χ1v) is 27.6. The van der Waals surface area contributed by atoms with Gasteiger partial charge in [-0.3, -0.25) is 14.4 Å². The van der Waals surface area contributed by atoms with Crippen molar-refractivity contribution in [1.29, 1.82) is 0 Å². The maximum absolute atomic E-state index is 12.8. The molecule has 1 unspecified atom stereocenters. The fourth-order valence-electron chi connectivity index (χ4n) is 7.23. The summed E-state index contributed by atoms with van der Waals surface area (Å²) in [5, 5.41) is 0. The molecule has 0 saturated heterocycles. The van der Waals surface area contributed by atoms with E-state index < -0.39 is 12.1 Å². The first-order valence-electron chi connectivity index (χ1n) is 27.6. The van der Waals surface area contributed by atoms with Gasteiger partial charge in [0, 0.05) is 19.3 Å². The Balaban J connectivity index is 4.55. The smallest absolute Gasteiger partial charge is 0.306 e. The molecular weight excluding hydrogens is 841 g/mol. The molecule has 0 bridgehead atoms. The molecular formula is C62H100O6. The van der Waals surface area contributed by atoms with E-state index in [0.717, 1.165) is 96.3 Å². The van der Waals surface area contributed by atoms with Crippen LogP contribution in [0.15, 0.2) is 122 Å². The number of allylic oxidation sites excluding steroid dienone is 20. The van der Waals surface area contributed by atoms with E-state index >= 15 is 0 Å². The Labute approximate surface area is 418 Å². The highest BCUT2D eigenvalue weighted by atomic mass is 16.6. The third kappa shape index (κ3) is 52.8. The molecule has 6 nitrogen and oxygen atoms in total. The van der Waals surface area contributed by atoms with Gasteiger partial charge in [0.15, 0.2) is 6.10 Å². The summed E-state index contributed by atoms with van der Waals surface area (Å²) in [6, 6.07) is 0. The lowest BCUT2D eigenvalue weighted by atomic mass is 10.0. The van der Waals surface area contributed by atoms with Crippen molar-refractivity contribution in [3.63, 3.8) is 0 Å². The Hall–Kier alpha value is -4.19.